The Hall–Kier alpha value is -3.04. The second kappa shape index (κ2) is 10.3. The van der Waals surface area contributed by atoms with Crippen LogP contribution in [0.3, 0.4) is 0 Å². The summed E-state index contributed by atoms with van der Waals surface area (Å²) in [7, 11) is 0. The minimum Gasteiger partial charge on any atom is -0.442 e. The van der Waals surface area contributed by atoms with Gasteiger partial charge < -0.3 is 15.3 Å². The summed E-state index contributed by atoms with van der Waals surface area (Å²) in [5.74, 6) is -0.711. The summed E-state index contributed by atoms with van der Waals surface area (Å²) in [5.41, 5.74) is 2.20. The molecule has 2 N–H and O–H groups in total. The Kier molecular flexibility index (Phi) is 7.54. The van der Waals surface area contributed by atoms with Crippen LogP contribution in [-0.2, 0) is 16.1 Å². The largest absolute Gasteiger partial charge is 0.442 e. The second-order valence-corrected chi connectivity index (χ2v) is 7.35. The number of anilines is 1. The predicted octanol–water partition coefficient (Wildman–Crippen LogP) is 3.50. The Morgan fingerprint density at radius 2 is 2.03 bits per heavy atom. The van der Waals surface area contributed by atoms with Gasteiger partial charge in [-0.2, -0.15) is 5.06 Å². The minimum absolute atomic E-state index is 0.198. The Labute approximate surface area is 179 Å². The summed E-state index contributed by atoms with van der Waals surface area (Å²) < 4.78 is 32.2. The molecular formula is C22H25F2N3O4. The summed E-state index contributed by atoms with van der Waals surface area (Å²) >= 11 is 0. The molecule has 0 radical (unpaired) electrons. The number of amides is 2. The van der Waals surface area contributed by atoms with Crippen LogP contribution < -0.4 is 10.2 Å². The van der Waals surface area contributed by atoms with Crippen LogP contribution in [0.1, 0.15) is 18.9 Å². The van der Waals surface area contributed by atoms with Gasteiger partial charge in [-0.15, -0.1) is 0 Å². The van der Waals surface area contributed by atoms with Gasteiger partial charge in [0, 0.05) is 25.6 Å². The lowest BCUT2D eigenvalue weighted by Crippen LogP contribution is -2.33. The van der Waals surface area contributed by atoms with Crippen molar-refractivity contribution in [3.05, 3.63) is 53.8 Å². The molecule has 9 heteroatoms. The molecule has 1 fully saturated rings. The van der Waals surface area contributed by atoms with Crippen LogP contribution in [0.2, 0.25) is 0 Å². The van der Waals surface area contributed by atoms with E-state index in [1.54, 1.807) is 36.4 Å². The molecule has 1 aliphatic heterocycles. The van der Waals surface area contributed by atoms with Crippen molar-refractivity contribution in [1.82, 2.24) is 10.4 Å². The topological polar surface area (TPSA) is 82.1 Å². The highest BCUT2D eigenvalue weighted by atomic mass is 19.1. The van der Waals surface area contributed by atoms with Crippen LogP contribution in [0.4, 0.5) is 19.3 Å². The molecule has 7 nitrogen and oxygen atoms in total. The van der Waals surface area contributed by atoms with Crippen molar-refractivity contribution < 1.29 is 28.3 Å². The number of hydroxylamine groups is 2. The molecular weight excluding hydrogens is 408 g/mol. The number of carbonyl (C=O) groups excluding carboxylic acids is 2. The molecule has 0 saturated carbocycles. The number of nitrogens with one attached hydrogen (secondary N) is 1. The number of alkyl halides is 1. The van der Waals surface area contributed by atoms with Crippen LogP contribution >= 0.6 is 0 Å². The van der Waals surface area contributed by atoms with Gasteiger partial charge in [0.05, 0.1) is 25.5 Å². The molecule has 0 spiro atoms. The second-order valence-electron chi connectivity index (χ2n) is 7.35. The van der Waals surface area contributed by atoms with E-state index in [0.717, 1.165) is 10.6 Å². The average molecular weight is 433 g/mol. The standard InChI is InChI=1S/C22H25F2N3O4/c1-15(28)25-12-19-14-27(22(29)31-19)18-7-8-20(21(24)11-18)17-5-3-16(4-6-17)13-26(30)10-2-9-23/h3-8,11,19,30H,2,9-10,12-14H2,1H3,(H,25,28). The molecule has 1 aliphatic rings. The predicted molar refractivity (Wildman–Crippen MR) is 111 cm³/mol. The first-order valence-electron chi connectivity index (χ1n) is 9.98. The lowest BCUT2D eigenvalue weighted by atomic mass is 10.0. The summed E-state index contributed by atoms with van der Waals surface area (Å²) in [5, 5.41) is 13.4. The van der Waals surface area contributed by atoms with Crippen LogP contribution in [0.15, 0.2) is 42.5 Å². The van der Waals surface area contributed by atoms with Gasteiger partial charge in [0.1, 0.15) is 11.9 Å². The maximum Gasteiger partial charge on any atom is 0.414 e. The van der Waals surface area contributed by atoms with E-state index in [-0.39, 0.29) is 38.5 Å². The van der Waals surface area contributed by atoms with Gasteiger partial charge >= 0.3 is 6.09 Å². The quantitative estimate of drug-likeness (QED) is 0.592. The average Bonchev–Trinajstić information content (AvgIpc) is 3.12. The third-order valence-electron chi connectivity index (χ3n) is 4.90. The van der Waals surface area contributed by atoms with Crippen molar-refractivity contribution in [2.45, 2.75) is 26.0 Å². The molecule has 2 amide bonds. The van der Waals surface area contributed by atoms with E-state index in [9.17, 15) is 23.6 Å². The van der Waals surface area contributed by atoms with E-state index >= 15 is 0 Å². The highest BCUT2D eigenvalue weighted by Gasteiger charge is 2.32. The summed E-state index contributed by atoms with van der Waals surface area (Å²) in [6.45, 7) is 1.78. The minimum atomic E-state index is -0.590. The van der Waals surface area contributed by atoms with Crippen molar-refractivity contribution in [2.24, 2.45) is 0 Å². The number of nitrogens with zero attached hydrogens (tertiary/aromatic N) is 2. The zero-order chi connectivity index (χ0) is 22.4. The molecule has 31 heavy (non-hydrogen) atoms. The number of halogens is 2. The molecule has 166 valence electrons. The van der Waals surface area contributed by atoms with Gasteiger partial charge in [0.15, 0.2) is 0 Å². The zero-order valence-corrected chi connectivity index (χ0v) is 17.2. The molecule has 2 aromatic carbocycles. The summed E-state index contributed by atoms with van der Waals surface area (Å²) in [6, 6.07) is 11.5. The first-order chi connectivity index (χ1) is 14.9. The van der Waals surface area contributed by atoms with E-state index in [4.69, 9.17) is 4.74 Å². The summed E-state index contributed by atoms with van der Waals surface area (Å²) in [4.78, 5) is 24.5. The Balaban J connectivity index is 1.67. The van der Waals surface area contributed by atoms with Gasteiger partial charge in [-0.05, 0) is 35.7 Å². The number of ether oxygens (including phenoxy) is 1. The van der Waals surface area contributed by atoms with Crippen LogP contribution in [-0.4, -0.2) is 54.7 Å². The Morgan fingerprint density at radius 1 is 1.29 bits per heavy atom. The Morgan fingerprint density at radius 3 is 2.68 bits per heavy atom. The monoisotopic (exact) mass is 433 g/mol. The smallest absolute Gasteiger partial charge is 0.414 e. The Bertz CT molecular complexity index is 923. The van der Waals surface area contributed by atoms with Gasteiger partial charge in [0.25, 0.3) is 0 Å². The molecule has 1 saturated heterocycles. The van der Waals surface area contributed by atoms with Crippen LogP contribution in [0.5, 0.6) is 0 Å². The van der Waals surface area contributed by atoms with Crippen molar-refractivity contribution in [1.29, 1.82) is 0 Å². The number of hydrogen-bond acceptors (Lipinski definition) is 5. The highest BCUT2D eigenvalue weighted by Crippen LogP contribution is 2.29. The van der Waals surface area contributed by atoms with E-state index in [1.807, 2.05) is 0 Å². The van der Waals surface area contributed by atoms with Gasteiger partial charge in [-0.25, -0.2) is 9.18 Å². The van der Waals surface area contributed by atoms with E-state index in [0.29, 0.717) is 16.8 Å². The number of carbonyl (C=O) groups is 2. The third kappa shape index (κ3) is 5.99. The molecule has 2 aromatic rings. The lowest BCUT2D eigenvalue weighted by Gasteiger charge is -2.15. The molecule has 1 atom stereocenters. The highest BCUT2D eigenvalue weighted by molar-refractivity contribution is 5.90. The number of cyclic esters (lactones) is 1. The van der Waals surface area contributed by atoms with Crippen LogP contribution in [0.25, 0.3) is 11.1 Å². The van der Waals surface area contributed by atoms with Crippen molar-refractivity contribution in [3.8, 4) is 11.1 Å². The van der Waals surface area contributed by atoms with E-state index in [2.05, 4.69) is 5.32 Å². The molecule has 1 heterocycles. The van der Waals surface area contributed by atoms with Gasteiger partial charge in [-0.1, -0.05) is 24.3 Å². The fourth-order valence-electron chi connectivity index (χ4n) is 3.32. The van der Waals surface area contributed by atoms with Gasteiger partial charge in [-0.3, -0.25) is 14.1 Å². The van der Waals surface area contributed by atoms with Crippen molar-refractivity contribution >= 4 is 17.7 Å². The van der Waals surface area contributed by atoms with Crippen molar-refractivity contribution in [3.63, 3.8) is 0 Å². The zero-order valence-electron chi connectivity index (χ0n) is 17.2. The molecule has 0 bridgehead atoms. The third-order valence-corrected chi connectivity index (χ3v) is 4.90. The first kappa shape index (κ1) is 22.6. The number of benzene rings is 2. The first-order valence-corrected chi connectivity index (χ1v) is 9.98. The normalized spacial score (nSPS) is 16.0. The van der Waals surface area contributed by atoms with Gasteiger partial charge in [0.2, 0.25) is 5.91 Å². The maximum atomic E-state index is 14.8. The van der Waals surface area contributed by atoms with Crippen LogP contribution in [0, 0.1) is 5.82 Å². The number of rotatable bonds is 9. The number of hydrogen-bond donors (Lipinski definition) is 2. The maximum absolute atomic E-state index is 14.8. The molecule has 3 rings (SSSR count). The molecule has 1 unspecified atom stereocenters. The fourth-order valence-corrected chi connectivity index (χ4v) is 3.32. The van der Waals surface area contributed by atoms with E-state index < -0.39 is 24.7 Å². The fraction of sp³-hybridized carbons (Fsp3) is 0.364. The lowest BCUT2D eigenvalue weighted by molar-refractivity contribution is -0.119. The SMILES string of the molecule is CC(=O)NCC1CN(c2ccc(-c3ccc(CN(O)CCCF)cc3)c(F)c2)C(=O)O1. The van der Waals surface area contributed by atoms with E-state index in [1.165, 1.54) is 17.9 Å². The van der Waals surface area contributed by atoms with Crippen molar-refractivity contribution in [2.75, 3.05) is 31.2 Å². The molecule has 0 aromatic heterocycles. The molecule has 0 aliphatic carbocycles. The summed E-state index contributed by atoms with van der Waals surface area (Å²) in [6.07, 6.45) is -0.833.